The second kappa shape index (κ2) is 5.37. The van der Waals surface area contributed by atoms with Crippen molar-refractivity contribution in [1.29, 1.82) is 0 Å². The highest BCUT2D eigenvalue weighted by molar-refractivity contribution is 7.15. The van der Waals surface area contributed by atoms with E-state index in [4.69, 9.17) is 17.3 Å². The fraction of sp³-hybridized carbons (Fsp3) is 0.267. The molecule has 0 unspecified atom stereocenters. The number of fused-ring (bicyclic) bond motifs is 1. The number of primary amides is 1. The molecule has 0 radical (unpaired) electrons. The van der Waals surface area contributed by atoms with E-state index in [0.717, 1.165) is 21.7 Å². The number of aryl methyl sites for hydroxylation is 1. The Morgan fingerprint density at radius 2 is 2.23 bits per heavy atom. The average Bonchev–Trinajstić information content (AvgIpc) is 2.90. The Kier molecular flexibility index (Phi) is 3.66. The zero-order chi connectivity index (χ0) is 16.0. The standard InChI is InChI=1S/C15H14ClN3O2S/c1-7-14(22-12(18-7)5-11(17)20)8-3-9-6-19(2)15(21)13(9)10(16)4-8/h3-4H,5-6H2,1-2H3,(H2,17,20). The van der Waals surface area contributed by atoms with Gasteiger partial charge in [0, 0.05) is 13.6 Å². The quantitative estimate of drug-likeness (QED) is 0.935. The Hall–Kier alpha value is -1.92. The molecule has 1 aromatic carbocycles. The van der Waals surface area contributed by atoms with Gasteiger partial charge in [-0.1, -0.05) is 11.6 Å². The molecule has 1 aliphatic heterocycles. The minimum Gasteiger partial charge on any atom is -0.369 e. The van der Waals surface area contributed by atoms with E-state index < -0.39 is 5.91 Å². The number of halogens is 1. The number of amides is 2. The number of hydrogen-bond acceptors (Lipinski definition) is 4. The molecule has 0 fully saturated rings. The van der Waals surface area contributed by atoms with E-state index in [9.17, 15) is 9.59 Å². The molecule has 0 bridgehead atoms. The van der Waals surface area contributed by atoms with Crippen LogP contribution < -0.4 is 5.73 Å². The minimum atomic E-state index is -0.403. The summed E-state index contributed by atoms with van der Waals surface area (Å²) in [6.07, 6.45) is 0.130. The molecule has 0 saturated heterocycles. The first-order valence-electron chi connectivity index (χ1n) is 6.69. The predicted octanol–water partition coefficient (Wildman–Crippen LogP) is 2.39. The second-order valence-electron chi connectivity index (χ2n) is 5.32. The summed E-state index contributed by atoms with van der Waals surface area (Å²) < 4.78 is 0. The lowest BCUT2D eigenvalue weighted by molar-refractivity contribution is -0.117. The van der Waals surface area contributed by atoms with Gasteiger partial charge in [-0.15, -0.1) is 11.3 Å². The molecule has 2 N–H and O–H groups in total. The molecule has 7 heteroatoms. The number of aromatic nitrogens is 1. The highest BCUT2D eigenvalue weighted by Crippen LogP contribution is 2.37. The summed E-state index contributed by atoms with van der Waals surface area (Å²) in [6, 6.07) is 3.75. The van der Waals surface area contributed by atoms with Gasteiger partial charge in [0.15, 0.2) is 0 Å². The molecule has 0 spiro atoms. The third-order valence-corrected chi connectivity index (χ3v) is 5.07. The summed E-state index contributed by atoms with van der Waals surface area (Å²) in [5.74, 6) is -0.457. The van der Waals surface area contributed by atoms with Crippen LogP contribution in [0.3, 0.4) is 0 Å². The van der Waals surface area contributed by atoms with E-state index in [1.165, 1.54) is 11.3 Å². The Bertz CT molecular complexity index is 800. The smallest absolute Gasteiger partial charge is 0.255 e. The third-order valence-electron chi connectivity index (χ3n) is 3.57. The molecule has 3 rings (SSSR count). The van der Waals surface area contributed by atoms with Gasteiger partial charge in [-0.2, -0.15) is 0 Å². The van der Waals surface area contributed by atoms with Crippen LogP contribution >= 0.6 is 22.9 Å². The number of carbonyl (C=O) groups is 2. The first-order chi connectivity index (χ1) is 10.4. The van der Waals surface area contributed by atoms with Gasteiger partial charge in [0.2, 0.25) is 5.91 Å². The topological polar surface area (TPSA) is 76.3 Å². The monoisotopic (exact) mass is 335 g/mol. The number of rotatable bonds is 3. The highest BCUT2D eigenvalue weighted by Gasteiger charge is 2.28. The van der Waals surface area contributed by atoms with Crippen LogP contribution in [0.5, 0.6) is 0 Å². The van der Waals surface area contributed by atoms with Gasteiger partial charge in [0.25, 0.3) is 5.91 Å². The lowest BCUT2D eigenvalue weighted by Gasteiger charge is -2.05. The van der Waals surface area contributed by atoms with Gasteiger partial charge in [0.1, 0.15) is 5.01 Å². The van der Waals surface area contributed by atoms with E-state index in [1.54, 1.807) is 18.0 Å². The van der Waals surface area contributed by atoms with Crippen molar-refractivity contribution in [3.8, 4) is 10.4 Å². The summed E-state index contributed by atoms with van der Waals surface area (Å²) in [5.41, 5.74) is 8.45. The molecular weight excluding hydrogens is 322 g/mol. The molecule has 0 aliphatic carbocycles. The van der Waals surface area contributed by atoms with Crippen molar-refractivity contribution in [3.63, 3.8) is 0 Å². The third kappa shape index (κ3) is 2.48. The van der Waals surface area contributed by atoms with Crippen LogP contribution in [0.25, 0.3) is 10.4 Å². The zero-order valence-corrected chi connectivity index (χ0v) is 13.7. The molecule has 0 atom stereocenters. The molecule has 2 heterocycles. The molecule has 5 nitrogen and oxygen atoms in total. The van der Waals surface area contributed by atoms with Crippen LogP contribution in [0.15, 0.2) is 12.1 Å². The van der Waals surface area contributed by atoms with Crippen LogP contribution in [-0.4, -0.2) is 28.7 Å². The number of nitrogens with two attached hydrogens (primary N) is 1. The van der Waals surface area contributed by atoms with E-state index in [-0.39, 0.29) is 12.3 Å². The number of benzene rings is 1. The number of carbonyl (C=O) groups excluding carboxylic acids is 2. The Morgan fingerprint density at radius 3 is 2.91 bits per heavy atom. The first kappa shape index (κ1) is 15.0. The van der Waals surface area contributed by atoms with Crippen molar-refractivity contribution in [3.05, 3.63) is 39.0 Å². The van der Waals surface area contributed by atoms with Crippen LogP contribution in [0.1, 0.15) is 26.6 Å². The molecule has 22 heavy (non-hydrogen) atoms. The largest absolute Gasteiger partial charge is 0.369 e. The van der Waals surface area contributed by atoms with E-state index in [2.05, 4.69) is 4.98 Å². The summed E-state index contributed by atoms with van der Waals surface area (Å²) in [6.45, 7) is 2.43. The van der Waals surface area contributed by atoms with Gasteiger partial charge in [0.05, 0.1) is 27.6 Å². The lowest BCUT2D eigenvalue weighted by Crippen LogP contribution is -2.17. The predicted molar refractivity (Wildman–Crippen MR) is 86.0 cm³/mol. The Labute approximate surface area is 136 Å². The van der Waals surface area contributed by atoms with Crippen molar-refractivity contribution >= 4 is 34.8 Å². The summed E-state index contributed by atoms with van der Waals surface area (Å²) in [7, 11) is 1.75. The average molecular weight is 336 g/mol. The highest BCUT2D eigenvalue weighted by atomic mass is 35.5. The molecule has 1 aromatic heterocycles. The zero-order valence-electron chi connectivity index (χ0n) is 12.1. The normalized spacial score (nSPS) is 13.6. The SMILES string of the molecule is Cc1nc(CC(N)=O)sc1-c1cc(Cl)c2c(c1)CN(C)C2=O. The van der Waals surface area contributed by atoms with Crippen molar-refractivity contribution in [2.45, 2.75) is 19.9 Å². The van der Waals surface area contributed by atoms with Crippen molar-refractivity contribution < 1.29 is 9.59 Å². The van der Waals surface area contributed by atoms with Crippen LogP contribution in [0, 0.1) is 6.92 Å². The van der Waals surface area contributed by atoms with Gasteiger partial charge in [-0.3, -0.25) is 9.59 Å². The van der Waals surface area contributed by atoms with Crippen molar-refractivity contribution in [2.75, 3.05) is 7.05 Å². The number of thiazole rings is 1. The maximum absolute atomic E-state index is 12.0. The van der Waals surface area contributed by atoms with Gasteiger partial charge < -0.3 is 10.6 Å². The van der Waals surface area contributed by atoms with E-state index in [1.807, 2.05) is 13.0 Å². The summed E-state index contributed by atoms with van der Waals surface area (Å²) in [4.78, 5) is 30.0. The lowest BCUT2D eigenvalue weighted by atomic mass is 10.0. The molecule has 0 saturated carbocycles. The number of hydrogen-bond donors (Lipinski definition) is 1. The first-order valence-corrected chi connectivity index (χ1v) is 7.89. The molecule has 114 valence electrons. The minimum absolute atomic E-state index is 0.0537. The second-order valence-corrected chi connectivity index (χ2v) is 6.81. The fourth-order valence-electron chi connectivity index (χ4n) is 2.62. The Morgan fingerprint density at radius 1 is 1.50 bits per heavy atom. The molecule has 1 aliphatic rings. The summed E-state index contributed by atoms with van der Waals surface area (Å²) >= 11 is 7.72. The fourth-order valence-corrected chi connectivity index (χ4v) is 4.00. The van der Waals surface area contributed by atoms with E-state index >= 15 is 0 Å². The van der Waals surface area contributed by atoms with Crippen molar-refractivity contribution in [2.24, 2.45) is 5.73 Å². The Balaban J connectivity index is 2.06. The van der Waals surface area contributed by atoms with Gasteiger partial charge in [-0.05, 0) is 30.2 Å². The maximum Gasteiger partial charge on any atom is 0.255 e. The van der Waals surface area contributed by atoms with Gasteiger partial charge in [-0.25, -0.2) is 4.98 Å². The molecule has 2 amide bonds. The maximum atomic E-state index is 12.0. The summed E-state index contributed by atoms with van der Waals surface area (Å²) in [5, 5.41) is 1.14. The van der Waals surface area contributed by atoms with Crippen molar-refractivity contribution in [1.82, 2.24) is 9.88 Å². The van der Waals surface area contributed by atoms with Crippen LogP contribution in [0.2, 0.25) is 5.02 Å². The molecular formula is C15H14ClN3O2S. The van der Waals surface area contributed by atoms with Gasteiger partial charge >= 0.3 is 0 Å². The van der Waals surface area contributed by atoms with E-state index in [0.29, 0.717) is 22.1 Å². The van der Waals surface area contributed by atoms with Crippen LogP contribution in [0.4, 0.5) is 0 Å². The van der Waals surface area contributed by atoms with Crippen LogP contribution in [-0.2, 0) is 17.8 Å². The molecule has 2 aromatic rings. The number of nitrogens with zero attached hydrogens (tertiary/aromatic N) is 2.